The molecule has 1 heterocycles. The highest BCUT2D eigenvalue weighted by molar-refractivity contribution is 5.70. The van der Waals surface area contributed by atoms with Gasteiger partial charge in [0, 0.05) is 5.56 Å². The molecule has 0 radical (unpaired) electrons. The Balaban J connectivity index is 2.64. The molecule has 2 rings (SSSR count). The molecule has 0 aliphatic heterocycles. The molecule has 0 fully saturated rings. The molecule has 0 spiro atoms. The van der Waals surface area contributed by atoms with Crippen LogP contribution < -0.4 is 0 Å². The Morgan fingerprint density at radius 3 is 2.00 bits per heavy atom. The van der Waals surface area contributed by atoms with Crippen LogP contribution in [0.5, 0.6) is 0 Å². The molecule has 0 saturated carbocycles. The summed E-state index contributed by atoms with van der Waals surface area (Å²) in [5, 5.41) is 9.15. The average molecular weight is 321 g/mol. The molecule has 0 aliphatic rings. The predicted octanol–water partition coefficient (Wildman–Crippen LogP) is 4.28. The molecule has 0 amide bonds. The molecule has 8 heteroatoms. The quantitative estimate of drug-likeness (QED) is 0.838. The number of hydrogen-bond donors (Lipinski definition) is 1. The first kappa shape index (κ1) is 16.3. The number of benzene rings is 1. The van der Waals surface area contributed by atoms with Crippen molar-refractivity contribution in [2.24, 2.45) is 0 Å². The summed E-state index contributed by atoms with van der Waals surface area (Å²) in [4.78, 5) is 3.22. The van der Waals surface area contributed by atoms with Gasteiger partial charge in [-0.15, -0.1) is 0 Å². The van der Waals surface area contributed by atoms with Gasteiger partial charge in [0.15, 0.2) is 0 Å². The highest BCUT2D eigenvalue weighted by Gasteiger charge is 2.35. The van der Waals surface area contributed by atoms with E-state index in [-0.39, 0.29) is 11.1 Å². The maximum atomic E-state index is 13.0. The van der Waals surface area contributed by atoms with Crippen LogP contribution in [0.1, 0.15) is 17.0 Å². The number of aliphatic hydroxyl groups excluding tert-OH is 1. The third-order valence-electron chi connectivity index (χ3n) is 2.94. The molecular weight excluding hydrogens is 312 g/mol. The van der Waals surface area contributed by atoms with Gasteiger partial charge >= 0.3 is 12.4 Å². The molecule has 2 aromatic rings. The normalized spacial score (nSPS) is 12.5. The third kappa shape index (κ3) is 3.22. The second-order valence-electron chi connectivity index (χ2n) is 4.39. The van der Waals surface area contributed by atoms with Gasteiger partial charge in [-0.25, -0.2) is 4.98 Å². The van der Waals surface area contributed by atoms with Crippen LogP contribution in [0.25, 0.3) is 11.1 Å². The van der Waals surface area contributed by atoms with Gasteiger partial charge in [-0.2, -0.15) is 26.3 Å². The molecule has 2 nitrogen and oxygen atoms in total. The minimum absolute atomic E-state index is 0.191. The molecule has 22 heavy (non-hydrogen) atoms. The first-order chi connectivity index (χ1) is 10.1. The van der Waals surface area contributed by atoms with Crippen molar-refractivity contribution in [1.29, 1.82) is 0 Å². The van der Waals surface area contributed by atoms with Crippen molar-refractivity contribution in [2.75, 3.05) is 0 Å². The largest absolute Gasteiger partial charge is 0.433 e. The Hall–Kier alpha value is -2.09. The number of pyridine rings is 1. The topological polar surface area (TPSA) is 33.1 Å². The number of nitrogens with zero attached hydrogens (tertiary/aromatic N) is 1. The number of alkyl halides is 6. The van der Waals surface area contributed by atoms with E-state index in [1.165, 1.54) is 12.1 Å². The minimum Gasteiger partial charge on any atom is -0.390 e. The van der Waals surface area contributed by atoms with Crippen molar-refractivity contribution in [1.82, 2.24) is 4.98 Å². The summed E-state index contributed by atoms with van der Waals surface area (Å²) in [6, 6.07) is 5.89. The van der Waals surface area contributed by atoms with Crippen LogP contribution in [0.3, 0.4) is 0 Å². The van der Waals surface area contributed by atoms with Crippen molar-refractivity contribution in [2.45, 2.75) is 19.0 Å². The van der Waals surface area contributed by atoms with Crippen LogP contribution in [0.2, 0.25) is 0 Å². The van der Waals surface area contributed by atoms with E-state index in [1.54, 1.807) is 0 Å². The van der Waals surface area contributed by atoms with E-state index in [0.29, 0.717) is 6.07 Å². The first-order valence-electron chi connectivity index (χ1n) is 5.99. The summed E-state index contributed by atoms with van der Waals surface area (Å²) in [6.45, 7) is -0.911. The molecule has 0 aliphatic carbocycles. The van der Waals surface area contributed by atoms with Crippen molar-refractivity contribution >= 4 is 0 Å². The van der Waals surface area contributed by atoms with Gasteiger partial charge in [0.2, 0.25) is 0 Å². The van der Waals surface area contributed by atoms with Crippen LogP contribution in [0.4, 0.5) is 26.3 Å². The fourth-order valence-corrected chi connectivity index (χ4v) is 1.99. The van der Waals surface area contributed by atoms with Gasteiger partial charge in [0.25, 0.3) is 0 Å². The highest BCUT2D eigenvalue weighted by Crippen LogP contribution is 2.38. The molecule has 1 aromatic heterocycles. The molecular formula is C14H9F6NO. The summed E-state index contributed by atoms with van der Waals surface area (Å²) >= 11 is 0. The van der Waals surface area contributed by atoms with E-state index in [2.05, 4.69) is 4.98 Å². The SMILES string of the molecule is OCc1nc(C(F)(F)F)ccc1-c1ccccc1C(F)(F)F. The van der Waals surface area contributed by atoms with Gasteiger partial charge in [-0.05, 0) is 17.7 Å². The van der Waals surface area contributed by atoms with Crippen molar-refractivity contribution < 1.29 is 31.4 Å². The van der Waals surface area contributed by atoms with Crippen LogP contribution in [0, 0.1) is 0 Å². The van der Waals surface area contributed by atoms with E-state index in [9.17, 15) is 26.3 Å². The average Bonchev–Trinajstić information content (AvgIpc) is 2.44. The summed E-state index contributed by atoms with van der Waals surface area (Å²) in [5.74, 6) is 0. The van der Waals surface area contributed by atoms with Crippen molar-refractivity contribution in [3.05, 3.63) is 53.3 Å². The summed E-state index contributed by atoms with van der Waals surface area (Å²) in [5.41, 5.74) is -3.27. The van der Waals surface area contributed by atoms with Gasteiger partial charge in [0.05, 0.1) is 17.9 Å². The van der Waals surface area contributed by atoms with Crippen LogP contribution in [-0.2, 0) is 19.0 Å². The lowest BCUT2D eigenvalue weighted by molar-refractivity contribution is -0.141. The molecule has 0 unspecified atom stereocenters. The van der Waals surface area contributed by atoms with E-state index < -0.39 is 35.9 Å². The van der Waals surface area contributed by atoms with E-state index in [1.807, 2.05) is 0 Å². The van der Waals surface area contributed by atoms with E-state index in [0.717, 1.165) is 18.2 Å². The Morgan fingerprint density at radius 1 is 0.818 bits per heavy atom. The summed E-state index contributed by atoms with van der Waals surface area (Å²) in [7, 11) is 0. The first-order valence-corrected chi connectivity index (χ1v) is 5.99. The molecule has 0 saturated heterocycles. The maximum Gasteiger partial charge on any atom is 0.433 e. The third-order valence-corrected chi connectivity index (χ3v) is 2.94. The van der Waals surface area contributed by atoms with E-state index in [4.69, 9.17) is 5.11 Å². The molecule has 1 aromatic carbocycles. The van der Waals surface area contributed by atoms with Gasteiger partial charge in [0.1, 0.15) is 5.69 Å². The smallest absolute Gasteiger partial charge is 0.390 e. The zero-order valence-corrected chi connectivity index (χ0v) is 10.8. The molecule has 0 atom stereocenters. The highest BCUT2D eigenvalue weighted by atomic mass is 19.4. The standard InChI is InChI=1S/C14H9F6NO/c15-13(16,17)10-4-2-1-3-8(10)9-5-6-12(14(18,19)20)21-11(9)7-22/h1-6,22H,7H2. The second-order valence-corrected chi connectivity index (χ2v) is 4.39. The Bertz CT molecular complexity index is 678. The number of aliphatic hydroxyl groups is 1. The van der Waals surface area contributed by atoms with Gasteiger partial charge in [-0.1, -0.05) is 24.3 Å². The van der Waals surface area contributed by atoms with Crippen LogP contribution >= 0.6 is 0 Å². The van der Waals surface area contributed by atoms with Crippen molar-refractivity contribution in [3.63, 3.8) is 0 Å². The second kappa shape index (κ2) is 5.60. The van der Waals surface area contributed by atoms with Gasteiger partial charge in [-0.3, -0.25) is 0 Å². The Kier molecular flexibility index (Phi) is 4.15. The van der Waals surface area contributed by atoms with Crippen LogP contribution in [-0.4, -0.2) is 10.1 Å². The lowest BCUT2D eigenvalue weighted by atomic mass is 9.97. The Labute approximate surface area is 121 Å². The van der Waals surface area contributed by atoms with Crippen LogP contribution in [0.15, 0.2) is 36.4 Å². The molecule has 1 N–H and O–H groups in total. The maximum absolute atomic E-state index is 13.0. The fraction of sp³-hybridized carbons (Fsp3) is 0.214. The van der Waals surface area contributed by atoms with Gasteiger partial charge < -0.3 is 5.11 Å². The zero-order chi connectivity index (χ0) is 16.5. The lowest BCUT2D eigenvalue weighted by Gasteiger charge is -2.16. The number of halogens is 6. The number of aromatic nitrogens is 1. The predicted molar refractivity (Wildman–Crippen MR) is 65.6 cm³/mol. The number of hydrogen-bond acceptors (Lipinski definition) is 2. The number of rotatable bonds is 2. The lowest BCUT2D eigenvalue weighted by Crippen LogP contribution is -2.12. The molecule has 118 valence electrons. The zero-order valence-electron chi connectivity index (χ0n) is 10.8. The summed E-state index contributed by atoms with van der Waals surface area (Å²) < 4.78 is 76.7. The monoisotopic (exact) mass is 321 g/mol. The van der Waals surface area contributed by atoms with E-state index >= 15 is 0 Å². The summed E-state index contributed by atoms with van der Waals surface area (Å²) in [6.07, 6.45) is -9.42. The van der Waals surface area contributed by atoms with Crippen molar-refractivity contribution in [3.8, 4) is 11.1 Å². The fourth-order valence-electron chi connectivity index (χ4n) is 1.99. The Morgan fingerprint density at radius 2 is 1.45 bits per heavy atom. The minimum atomic E-state index is -4.74. The molecule has 0 bridgehead atoms.